The molecule has 0 N–H and O–H groups in total. The molecular weight excluding hydrogens is 264 g/mol. The molecule has 0 spiro atoms. The third-order valence-electron chi connectivity index (χ3n) is 7.00. The van der Waals surface area contributed by atoms with Gasteiger partial charge in [-0.3, -0.25) is 0 Å². The first-order chi connectivity index (χ1) is 10.7. The quantitative estimate of drug-likeness (QED) is 0.405. The standard InChI is InChI=1S/C22H42/c1-4-6-7-8-10-19-11-14-21(15-12-19)22-16-13-20(9-5-2)17-18(22)3/h18-22H,4-17H2,1-3H3/t18-,19?,20+,21?,22?/m1/s1. The molecule has 0 aromatic carbocycles. The molecule has 0 aromatic heterocycles. The predicted octanol–water partition coefficient (Wildman–Crippen LogP) is 7.62. The Morgan fingerprint density at radius 1 is 0.682 bits per heavy atom. The highest BCUT2D eigenvalue weighted by Crippen LogP contribution is 2.45. The first-order valence-electron chi connectivity index (χ1n) is 10.7. The Kier molecular flexibility index (Phi) is 8.33. The van der Waals surface area contributed by atoms with Gasteiger partial charge in [0.1, 0.15) is 0 Å². The maximum absolute atomic E-state index is 2.57. The first kappa shape index (κ1) is 18.3. The van der Waals surface area contributed by atoms with Crippen molar-refractivity contribution in [3.8, 4) is 0 Å². The lowest BCUT2D eigenvalue weighted by atomic mass is 9.64. The fraction of sp³-hybridized carbons (Fsp3) is 1.00. The maximum atomic E-state index is 2.57. The van der Waals surface area contributed by atoms with Crippen molar-refractivity contribution < 1.29 is 0 Å². The Hall–Kier alpha value is 0. The minimum atomic E-state index is 1.01. The highest BCUT2D eigenvalue weighted by atomic mass is 14.4. The molecule has 0 aliphatic heterocycles. The van der Waals surface area contributed by atoms with Crippen LogP contribution in [0.2, 0.25) is 0 Å². The van der Waals surface area contributed by atoms with Gasteiger partial charge in [-0.25, -0.2) is 0 Å². The normalized spacial score (nSPS) is 36.4. The number of hydrogen-bond acceptors (Lipinski definition) is 0. The summed E-state index contributed by atoms with van der Waals surface area (Å²) in [6.45, 7) is 7.25. The summed E-state index contributed by atoms with van der Waals surface area (Å²) in [6.07, 6.45) is 21.1. The fourth-order valence-electron chi connectivity index (χ4n) is 5.67. The topological polar surface area (TPSA) is 0 Å². The van der Waals surface area contributed by atoms with Crippen LogP contribution in [0.5, 0.6) is 0 Å². The smallest absolute Gasteiger partial charge is 0.0360 e. The third-order valence-corrected chi connectivity index (χ3v) is 7.00. The van der Waals surface area contributed by atoms with Crippen LogP contribution in [0.3, 0.4) is 0 Å². The van der Waals surface area contributed by atoms with Crippen molar-refractivity contribution in [2.75, 3.05) is 0 Å². The molecule has 0 saturated heterocycles. The van der Waals surface area contributed by atoms with Gasteiger partial charge in [-0.1, -0.05) is 85.0 Å². The van der Waals surface area contributed by atoms with E-state index in [1.165, 1.54) is 51.4 Å². The van der Waals surface area contributed by atoms with E-state index in [9.17, 15) is 0 Å². The molecule has 2 saturated carbocycles. The molecule has 0 amide bonds. The SMILES string of the molecule is CCCCCCC1CCC(C2CC[C@H](CCC)C[C@H]2C)CC1. The van der Waals surface area contributed by atoms with Crippen LogP contribution in [0.1, 0.15) is 111 Å². The van der Waals surface area contributed by atoms with E-state index >= 15 is 0 Å². The zero-order valence-electron chi connectivity index (χ0n) is 15.8. The van der Waals surface area contributed by atoms with Gasteiger partial charge in [0.15, 0.2) is 0 Å². The molecule has 22 heavy (non-hydrogen) atoms. The zero-order chi connectivity index (χ0) is 15.8. The summed E-state index contributed by atoms with van der Waals surface area (Å²) in [4.78, 5) is 0. The van der Waals surface area contributed by atoms with Crippen LogP contribution in [0, 0.1) is 29.6 Å². The summed E-state index contributed by atoms with van der Waals surface area (Å²) in [5.74, 6) is 5.32. The van der Waals surface area contributed by atoms with E-state index in [0.29, 0.717) is 0 Å². The van der Waals surface area contributed by atoms with Crippen molar-refractivity contribution in [1.82, 2.24) is 0 Å². The lowest BCUT2D eigenvalue weighted by Gasteiger charge is -2.41. The lowest BCUT2D eigenvalue weighted by molar-refractivity contribution is 0.0924. The Morgan fingerprint density at radius 2 is 1.41 bits per heavy atom. The van der Waals surface area contributed by atoms with Gasteiger partial charge >= 0.3 is 0 Å². The van der Waals surface area contributed by atoms with E-state index in [-0.39, 0.29) is 0 Å². The van der Waals surface area contributed by atoms with Crippen molar-refractivity contribution in [3.05, 3.63) is 0 Å². The van der Waals surface area contributed by atoms with E-state index in [4.69, 9.17) is 0 Å². The van der Waals surface area contributed by atoms with Gasteiger partial charge in [0.05, 0.1) is 0 Å². The summed E-state index contributed by atoms with van der Waals surface area (Å²) in [6, 6.07) is 0. The molecular formula is C22H42. The highest BCUT2D eigenvalue weighted by Gasteiger charge is 2.34. The third kappa shape index (κ3) is 5.57. The Bertz CT molecular complexity index is 274. The van der Waals surface area contributed by atoms with E-state index < -0.39 is 0 Å². The van der Waals surface area contributed by atoms with E-state index in [2.05, 4.69) is 20.8 Å². The molecule has 0 nitrogen and oxygen atoms in total. The number of rotatable bonds is 8. The van der Waals surface area contributed by atoms with Crippen molar-refractivity contribution in [2.45, 2.75) is 111 Å². The second-order valence-electron chi connectivity index (χ2n) is 8.74. The van der Waals surface area contributed by atoms with Gasteiger partial charge in [0, 0.05) is 0 Å². The largest absolute Gasteiger partial charge is 0.0654 e. The predicted molar refractivity (Wildman–Crippen MR) is 99.1 cm³/mol. The Labute approximate surface area is 140 Å². The average molecular weight is 307 g/mol. The van der Waals surface area contributed by atoms with Gasteiger partial charge in [0.25, 0.3) is 0 Å². The maximum Gasteiger partial charge on any atom is -0.0360 e. The molecule has 130 valence electrons. The molecule has 3 atom stereocenters. The number of hydrogen-bond donors (Lipinski definition) is 0. The minimum absolute atomic E-state index is 1.01. The van der Waals surface area contributed by atoms with E-state index in [1.54, 1.807) is 38.5 Å². The average Bonchev–Trinajstić information content (AvgIpc) is 2.53. The molecule has 0 bridgehead atoms. The van der Waals surface area contributed by atoms with Crippen LogP contribution < -0.4 is 0 Å². The fourth-order valence-corrected chi connectivity index (χ4v) is 5.67. The molecule has 2 fully saturated rings. The minimum Gasteiger partial charge on any atom is -0.0654 e. The van der Waals surface area contributed by atoms with E-state index in [0.717, 1.165) is 29.6 Å². The van der Waals surface area contributed by atoms with Crippen LogP contribution in [0.15, 0.2) is 0 Å². The monoisotopic (exact) mass is 306 g/mol. The van der Waals surface area contributed by atoms with Crippen LogP contribution in [0.25, 0.3) is 0 Å². The van der Waals surface area contributed by atoms with Crippen LogP contribution in [0.4, 0.5) is 0 Å². The summed E-state index contributed by atoms with van der Waals surface area (Å²) in [5, 5.41) is 0. The molecule has 2 rings (SSSR count). The molecule has 2 aliphatic rings. The van der Waals surface area contributed by atoms with Crippen LogP contribution >= 0.6 is 0 Å². The van der Waals surface area contributed by atoms with Crippen molar-refractivity contribution in [2.24, 2.45) is 29.6 Å². The van der Waals surface area contributed by atoms with Crippen molar-refractivity contribution in [1.29, 1.82) is 0 Å². The summed E-state index contributed by atoms with van der Waals surface area (Å²) in [5.41, 5.74) is 0. The summed E-state index contributed by atoms with van der Waals surface area (Å²) < 4.78 is 0. The molecule has 1 unspecified atom stereocenters. The lowest BCUT2D eigenvalue weighted by Crippen LogP contribution is -2.31. The van der Waals surface area contributed by atoms with Gasteiger partial charge in [0.2, 0.25) is 0 Å². The van der Waals surface area contributed by atoms with Gasteiger partial charge in [-0.15, -0.1) is 0 Å². The van der Waals surface area contributed by atoms with Crippen molar-refractivity contribution in [3.63, 3.8) is 0 Å². The summed E-state index contributed by atoms with van der Waals surface area (Å²) in [7, 11) is 0. The molecule has 0 radical (unpaired) electrons. The van der Waals surface area contributed by atoms with E-state index in [1.807, 2.05) is 0 Å². The highest BCUT2D eigenvalue weighted by molar-refractivity contribution is 4.85. The first-order valence-corrected chi connectivity index (χ1v) is 10.7. The zero-order valence-corrected chi connectivity index (χ0v) is 15.8. The molecule has 0 heteroatoms. The molecule has 0 heterocycles. The van der Waals surface area contributed by atoms with Gasteiger partial charge in [-0.2, -0.15) is 0 Å². The van der Waals surface area contributed by atoms with Crippen molar-refractivity contribution >= 4 is 0 Å². The summed E-state index contributed by atoms with van der Waals surface area (Å²) >= 11 is 0. The number of unbranched alkanes of at least 4 members (excludes halogenated alkanes) is 3. The molecule has 0 aromatic rings. The molecule has 2 aliphatic carbocycles. The van der Waals surface area contributed by atoms with Crippen LogP contribution in [-0.2, 0) is 0 Å². The van der Waals surface area contributed by atoms with Crippen LogP contribution in [-0.4, -0.2) is 0 Å². The van der Waals surface area contributed by atoms with Gasteiger partial charge < -0.3 is 0 Å². The second kappa shape index (κ2) is 9.99. The van der Waals surface area contributed by atoms with Gasteiger partial charge in [-0.05, 0) is 55.3 Å². The Balaban J connectivity index is 1.66. The second-order valence-corrected chi connectivity index (χ2v) is 8.74. The Morgan fingerprint density at radius 3 is 2.05 bits per heavy atom.